The monoisotopic (exact) mass is 286 g/mol. The van der Waals surface area contributed by atoms with Crippen molar-refractivity contribution < 1.29 is 4.39 Å². The molecule has 1 saturated carbocycles. The predicted molar refractivity (Wildman–Crippen MR) is 66.3 cm³/mol. The number of rotatable bonds is 4. The summed E-state index contributed by atoms with van der Waals surface area (Å²) in [7, 11) is 0. The van der Waals surface area contributed by atoms with Gasteiger partial charge in [-0.1, -0.05) is 22.4 Å². The molecule has 0 radical (unpaired) electrons. The molecule has 0 saturated heterocycles. The minimum atomic E-state index is -0.192. The first-order valence-electron chi connectivity index (χ1n) is 5.60. The zero-order valence-corrected chi connectivity index (χ0v) is 10.6. The van der Waals surface area contributed by atoms with Crippen molar-refractivity contribution in [3.63, 3.8) is 0 Å². The molecule has 0 amide bonds. The molecule has 1 aromatic carbocycles. The van der Waals surface area contributed by atoms with Crippen molar-refractivity contribution in [2.24, 2.45) is 11.8 Å². The zero-order valence-electron chi connectivity index (χ0n) is 9.05. The summed E-state index contributed by atoms with van der Waals surface area (Å²) in [5.74, 6) is 6.01. The van der Waals surface area contributed by atoms with Crippen LogP contribution in [0.25, 0.3) is 0 Å². The standard InChI is InChI=1S/C12H16BrFN2/c13-11-5-4-10(14)6-9(11)7-12(16-15)8-2-1-3-8/h4-6,8,12,16H,1-3,7,15H2. The minimum absolute atomic E-state index is 0.192. The average molecular weight is 287 g/mol. The molecule has 16 heavy (non-hydrogen) atoms. The Bertz CT molecular complexity index is 366. The molecule has 2 rings (SSSR count). The first-order chi connectivity index (χ1) is 7.70. The second-order valence-corrected chi connectivity index (χ2v) is 5.26. The molecule has 1 aliphatic carbocycles. The fourth-order valence-electron chi connectivity index (χ4n) is 2.14. The highest BCUT2D eigenvalue weighted by atomic mass is 79.9. The fraction of sp³-hybridized carbons (Fsp3) is 0.500. The summed E-state index contributed by atoms with van der Waals surface area (Å²) in [6.45, 7) is 0. The van der Waals surface area contributed by atoms with Crippen molar-refractivity contribution in [3.05, 3.63) is 34.1 Å². The Kier molecular flexibility index (Phi) is 3.95. The fourth-order valence-corrected chi connectivity index (χ4v) is 2.55. The number of nitrogens with two attached hydrogens (primary N) is 1. The Balaban J connectivity index is 2.08. The molecule has 0 bridgehead atoms. The lowest BCUT2D eigenvalue weighted by Crippen LogP contribution is -2.44. The van der Waals surface area contributed by atoms with Gasteiger partial charge in [0.05, 0.1) is 0 Å². The van der Waals surface area contributed by atoms with E-state index in [1.54, 1.807) is 12.1 Å². The summed E-state index contributed by atoms with van der Waals surface area (Å²) >= 11 is 3.44. The lowest BCUT2D eigenvalue weighted by molar-refractivity contribution is 0.228. The Morgan fingerprint density at radius 1 is 1.50 bits per heavy atom. The zero-order chi connectivity index (χ0) is 11.5. The van der Waals surface area contributed by atoms with Crippen LogP contribution in [0.15, 0.2) is 22.7 Å². The van der Waals surface area contributed by atoms with Crippen LogP contribution in [0.1, 0.15) is 24.8 Å². The van der Waals surface area contributed by atoms with Crippen LogP contribution in [0.5, 0.6) is 0 Å². The molecule has 1 unspecified atom stereocenters. The van der Waals surface area contributed by atoms with E-state index in [9.17, 15) is 4.39 Å². The van der Waals surface area contributed by atoms with Gasteiger partial charge in [-0.15, -0.1) is 0 Å². The Morgan fingerprint density at radius 3 is 2.81 bits per heavy atom. The highest BCUT2D eigenvalue weighted by Crippen LogP contribution is 2.32. The molecule has 1 fully saturated rings. The van der Waals surface area contributed by atoms with Gasteiger partial charge in [0.15, 0.2) is 0 Å². The minimum Gasteiger partial charge on any atom is -0.271 e. The number of benzene rings is 1. The van der Waals surface area contributed by atoms with Crippen LogP contribution in [0.4, 0.5) is 4.39 Å². The van der Waals surface area contributed by atoms with Crippen molar-refractivity contribution in [3.8, 4) is 0 Å². The second-order valence-electron chi connectivity index (χ2n) is 4.40. The van der Waals surface area contributed by atoms with Gasteiger partial charge in [-0.25, -0.2) is 4.39 Å². The van der Waals surface area contributed by atoms with Gasteiger partial charge in [0.25, 0.3) is 0 Å². The number of hydrogen-bond acceptors (Lipinski definition) is 2. The highest BCUT2D eigenvalue weighted by molar-refractivity contribution is 9.10. The van der Waals surface area contributed by atoms with Crippen LogP contribution in [0.3, 0.4) is 0 Å². The highest BCUT2D eigenvalue weighted by Gasteiger charge is 2.26. The summed E-state index contributed by atoms with van der Waals surface area (Å²) in [5, 5.41) is 0. The van der Waals surface area contributed by atoms with E-state index in [0.717, 1.165) is 16.5 Å². The van der Waals surface area contributed by atoms with Crippen LogP contribution in [-0.2, 0) is 6.42 Å². The summed E-state index contributed by atoms with van der Waals surface area (Å²) in [6, 6.07) is 5.04. The summed E-state index contributed by atoms with van der Waals surface area (Å²) in [6.07, 6.45) is 4.51. The van der Waals surface area contributed by atoms with Gasteiger partial charge in [0.1, 0.15) is 5.82 Å². The van der Waals surface area contributed by atoms with E-state index < -0.39 is 0 Å². The van der Waals surface area contributed by atoms with Crippen molar-refractivity contribution >= 4 is 15.9 Å². The number of hydrazine groups is 1. The van der Waals surface area contributed by atoms with E-state index in [2.05, 4.69) is 21.4 Å². The molecular formula is C12H16BrFN2. The SMILES string of the molecule is NNC(Cc1cc(F)ccc1Br)C1CCC1. The number of hydrogen-bond donors (Lipinski definition) is 2. The van der Waals surface area contributed by atoms with Gasteiger partial charge in [-0.2, -0.15) is 0 Å². The Labute approximate surface area is 104 Å². The van der Waals surface area contributed by atoms with E-state index in [1.165, 1.54) is 25.3 Å². The van der Waals surface area contributed by atoms with E-state index in [0.29, 0.717) is 5.92 Å². The largest absolute Gasteiger partial charge is 0.271 e. The van der Waals surface area contributed by atoms with Crippen molar-refractivity contribution in [1.82, 2.24) is 5.43 Å². The molecule has 0 aromatic heterocycles. The first kappa shape index (κ1) is 12.0. The molecule has 0 aliphatic heterocycles. The van der Waals surface area contributed by atoms with Gasteiger partial charge < -0.3 is 0 Å². The van der Waals surface area contributed by atoms with Gasteiger partial charge in [0.2, 0.25) is 0 Å². The molecular weight excluding hydrogens is 271 g/mol. The third kappa shape index (κ3) is 2.62. The van der Waals surface area contributed by atoms with Gasteiger partial charge >= 0.3 is 0 Å². The van der Waals surface area contributed by atoms with Crippen LogP contribution in [-0.4, -0.2) is 6.04 Å². The summed E-state index contributed by atoms with van der Waals surface area (Å²) in [4.78, 5) is 0. The number of nitrogens with one attached hydrogen (secondary N) is 1. The van der Waals surface area contributed by atoms with Crippen LogP contribution >= 0.6 is 15.9 Å². The maximum Gasteiger partial charge on any atom is 0.123 e. The van der Waals surface area contributed by atoms with Crippen molar-refractivity contribution in [2.75, 3.05) is 0 Å². The van der Waals surface area contributed by atoms with E-state index in [4.69, 9.17) is 5.84 Å². The second kappa shape index (κ2) is 5.25. The molecule has 0 spiro atoms. The van der Waals surface area contributed by atoms with E-state index >= 15 is 0 Å². The van der Waals surface area contributed by atoms with Gasteiger partial charge in [-0.05, 0) is 48.9 Å². The molecule has 4 heteroatoms. The van der Waals surface area contributed by atoms with Crippen LogP contribution in [0.2, 0.25) is 0 Å². The molecule has 1 atom stereocenters. The third-order valence-corrected chi connectivity index (χ3v) is 4.15. The van der Waals surface area contributed by atoms with Crippen molar-refractivity contribution in [2.45, 2.75) is 31.7 Å². The molecule has 2 nitrogen and oxygen atoms in total. The van der Waals surface area contributed by atoms with Crippen molar-refractivity contribution in [1.29, 1.82) is 0 Å². The summed E-state index contributed by atoms with van der Waals surface area (Å²) < 4.78 is 14.1. The Hall–Kier alpha value is -0.450. The van der Waals surface area contributed by atoms with E-state index in [1.807, 2.05) is 0 Å². The third-order valence-electron chi connectivity index (χ3n) is 3.38. The lowest BCUT2D eigenvalue weighted by atomic mass is 9.78. The maximum absolute atomic E-state index is 13.1. The maximum atomic E-state index is 13.1. The Morgan fingerprint density at radius 2 is 2.25 bits per heavy atom. The summed E-state index contributed by atoms with van der Waals surface area (Å²) in [5.41, 5.74) is 3.84. The number of halogens is 2. The van der Waals surface area contributed by atoms with Gasteiger partial charge in [-0.3, -0.25) is 11.3 Å². The van der Waals surface area contributed by atoms with Crippen LogP contribution in [0, 0.1) is 11.7 Å². The normalized spacial score (nSPS) is 18.2. The van der Waals surface area contributed by atoms with Crippen LogP contribution < -0.4 is 11.3 Å². The molecule has 88 valence electrons. The quantitative estimate of drug-likeness (QED) is 0.660. The molecule has 1 aromatic rings. The average Bonchev–Trinajstić information content (AvgIpc) is 2.19. The van der Waals surface area contributed by atoms with Gasteiger partial charge in [0, 0.05) is 10.5 Å². The lowest BCUT2D eigenvalue weighted by Gasteiger charge is -2.33. The molecule has 3 N–H and O–H groups in total. The smallest absolute Gasteiger partial charge is 0.123 e. The molecule has 1 aliphatic rings. The molecule has 0 heterocycles. The first-order valence-corrected chi connectivity index (χ1v) is 6.40. The topological polar surface area (TPSA) is 38.0 Å². The predicted octanol–water partition coefficient (Wildman–Crippen LogP) is 2.76. The van der Waals surface area contributed by atoms with E-state index in [-0.39, 0.29) is 11.9 Å².